The van der Waals surface area contributed by atoms with Crippen molar-refractivity contribution in [1.82, 2.24) is 9.97 Å². The highest BCUT2D eigenvalue weighted by atomic mass is 32.2. The van der Waals surface area contributed by atoms with E-state index in [0.29, 0.717) is 21.9 Å². The third kappa shape index (κ3) is 3.34. The minimum absolute atomic E-state index is 0.0168. The molecule has 5 rings (SSSR count). The number of hydrogen-bond donors (Lipinski definition) is 2. The zero-order valence-corrected chi connectivity index (χ0v) is 17.1. The molecule has 3 heterocycles. The molecule has 2 N–H and O–H groups in total. The van der Waals surface area contributed by atoms with Gasteiger partial charge in [0.15, 0.2) is 5.16 Å². The second-order valence-corrected chi connectivity index (χ2v) is 9.14. The first-order chi connectivity index (χ1) is 14.1. The van der Waals surface area contributed by atoms with Gasteiger partial charge in [0.1, 0.15) is 11.4 Å². The quantitative estimate of drug-likeness (QED) is 0.496. The molecule has 2 amide bonds. The van der Waals surface area contributed by atoms with Crippen molar-refractivity contribution in [2.45, 2.75) is 30.8 Å². The average Bonchev–Trinajstić information content (AvgIpc) is 3.10. The molecule has 0 saturated heterocycles. The summed E-state index contributed by atoms with van der Waals surface area (Å²) in [6, 6.07) is 7.21. The van der Waals surface area contributed by atoms with Crippen molar-refractivity contribution in [3.05, 3.63) is 45.1 Å². The van der Waals surface area contributed by atoms with Crippen molar-refractivity contribution in [1.29, 1.82) is 0 Å². The van der Waals surface area contributed by atoms with Crippen LogP contribution in [0.25, 0.3) is 10.2 Å². The predicted molar refractivity (Wildman–Crippen MR) is 115 cm³/mol. The molecule has 0 radical (unpaired) electrons. The first-order valence-corrected chi connectivity index (χ1v) is 11.3. The summed E-state index contributed by atoms with van der Waals surface area (Å²) in [5.74, 6) is -0.342. The number of para-hydroxylation sites is 2. The molecule has 1 aromatic carbocycles. The summed E-state index contributed by atoms with van der Waals surface area (Å²) in [4.78, 5) is 48.3. The highest BCUT2D eigenvalue weighted by Gasteiger charge is 2.27. The number of fused-ring (bicyclic) bond motifs is 4. The molecule has 0 fully saturated rings. The van der Waals surface area contributed by atoms with Crippen LogP contribution in [0.3, 0.4) is 0 Å². The van der Waals surface area contributed by atoms with E-state index in [2.05, 4.69) is 15.3 Å². The number of thiophene rings is 1. The maximum Gasteiger partial charge on any atom is 0.260 e. The average molecular weight is 427 g/mol. The molecule has 0 saturated carbocycles. The van der Waals surface area contributed by atoms with Gasteiger partial charge in [-0.1, -0.05) is 23.9 Å². The Hall–Kier alpha value is -2.65. The zero-order valence-electron chi connectivity index (χ0n) is 15.5. The van der Waals surface area contributed by atoms with Gasteiger partial charge in [-0.05, 0) is 43.4 Å². The molecule has 9 heteroatoms. The molecular formula is C20H18N4O3S2. The third-order valence-corrected chi connectivity index (χ3v) is 7.25. The minimum atomic E-state index is -0.223. The van der Waals surface area contributed by atoms with E-state index >= 15 is 0 Å². The van der Waals surface area contributed by atoms with Crippen LogP contribution in [0.15, 0.2) is 34.2 Å². The Kier molecular flexibility index (Phi) is 4.63. The van der Waals surface area contributed by atoms with Gasteiger partial charge in [-0.15, -0.1) is 11.3 Å². The molecule has 29 heavy (non-hydrogen) atoms. The van der Waals surface area contributed by atoms with Gasteiger partial charge in [-0.3, -0.25) is 14.4 Å². The van der Waals surface area contributed by atoms with Crippen LogP contribution in [0.1, 0.15) is 23.3 Å². The van der Waals surface area contributed by atoms with Crippen LogP contribution in [-0.2, 0) is 22.4 Å². The molecular weight excluding hydrogens is 408 g/mol. The number of nitrogens with zero attached hydrogens (tertiary/aromatic N) is 2. The number of anilines is 2. The molecule has 1 aliphatic heterocycles. The molecule has 3 aromatic rings. The number of carbonyl (C=O) groups is 2. The summed E-state index contributed by atoms with van der Waals surface area (Å²) in [5, 5.41) is 3.92. The fraction of sp³-hybridized carbons (Fsp3) is 0.300. The van der Waals surface area contributed by atoms with Crippen molar-refractivity contribution < 1.29 is 9.59 Å². The van der Waals surface area contributed by atoms with Gasteiger partial charge in [0, 0.05) is 4.88 Å². The fourth-order valence-electron chi connectivity index (χ4n) is 3.88. The smallest absolute Gasteiger partial charge is 0.260 e. The first-order valence-electron chi connectivity index (χ1n) is 9.47. The topological polar surface area (TPSA) is 95.2 Å². The van der Waals surface area contributed by atoms with Gasteiger partial charge in [-0.25, -0.2) is 4.98 Å². The molecule has 1 aliphatic carbocycles. The van der Waals surface area contributed by atoms with E-state index in [1.54, 1.807) is 23.5 Å². The van der Waals surface area contributed by atoms with Crippen LogP contribution in [0.4, 0.5) is 11.4 Å². The number of H-pyrrole nitrogens is 1. The Morgan fingerprint density at radius 1 is 1.21 bits per heavy atom. The number of hydrogen-bond acceptors (Lipinski definition) is 6. The number of aromatic amines is 1. The van der Waals surface area contributed by atoms with Gasteiger partial charge in [0.2, 0.25) is 11.8 Å². The van der Waals surface area contributed by atoms with E-state index in [1.807, 2.05) is 12.1 Å². The summed E-state index contributed by atoms with van der Waals surface area (Å²) >= 11 is 2.78. The Balaban J connectivity index is 1.38. The second-order valence-electron chi connectivity index (χ2n) is 7.10. The van der Waals surface area contributed by atoms with Crippen molar-refractivity contribution in [2.75, 3.05) is 22.5 Å². The third-order valence-electron chi connectivity index (χ3n) is 5.21. The number of nitrogens with one attached hydrogen (secondary N) is 2. The zero-order chi connectivity index (χ0) is 20.0. The van der Waals surface area contributed by atoms with Crippen LogP contribution in [0.2, 0.25) is 0 Å². The molecule has 2 aromatic heterocycles. The first kappa shape index (κ1) is 18.4. The lowest BCUT2D eigenvalue weighted by atomic mass is 9.97. The number of aromatic nitrogens is 2. The van der Waals surface area contributed by atoms with E-state index < -0.39 is 0 Å². The summed E-state index contributed by atoms with van der Waals surface area (Å²) in [6.07, 6.45) is 4.20. The summed E-state index contributed by atoms with van der Waals surface area (Å²) in [5.41, 5.74) is 2.32. The molecule has 0 atom stereocenters. The van der Waals surface area contributed by atoms with Crippen molar-refractivity contribution >= 4 is 56.5 Å². The van der Waals surface area contributed by atoms with Crippen LogP contribution in [0.5, 0.6) is 0 Å². The number of amides is 2. The number of aryl methyl sites for hydroxylation is 2. The van der Waals surface area contributed by atoms with Gasteiger partial charge < -0.3 is 15.2 Å². The number of thioether (sulfide) groups is 1. The maximum absolute atomic E-state index is 12.8. The van der Waals surface area contributed by atoms with Crippen molar-refractivity contribution in [3.63, 3.8) is 0 Å². The Morgan fingerprint density at radius 2 is 2.03 bits per heavy atom. The van der Waals surface area contributed by atoms with Gasteiger partial charge in [0.25, 0.3) is 5.56 Å². The van der Waals surface area contributed by atoms with Crippen LogP contribution >= 0.6 is 23.1 Å². The second kappa shape index (κ2) is 7.31. The summed E-state index contributed by atoms with van der Waals surface area (Å²) in [6.45, 7) is -0.0168. The maximum atomic E-state index is 12.8. The number of carbonyl (C=O) groups excluding carboxylic acids is 2. The monoisotopic (exact) mass is 426 g/mol. The standard InChI is InChI=1S/C20H18N4O3S2/c25-15-9-24(13-7-3-2-6-12(13)21-15)16(26)10-28-20-22-18(27)17-11-5-1-4-8-14(11)29-19(17)23-20/h2-3,6-7H,1,4-5,8-10H2,(H,21,25)(H,22,23,27). The van der Waals surface area contributed by atoms with Crippen molar-refractivity contribution in [2.24, 2.45) is 0 Å². The van der Waals surface area contributed by atoms with Gasteiger partial charge in [0.05, 0.1) is 22.5 Å². The van der Waals surface area contributed by atoms with E-state index in [0.717, 1.165) is 36.1 Å². The molecule has 0 unspecified atom stereocenters. The molecule has 0 spiro atoms. The highest BCUT2D eigenvalue weighted by Crippen LogP contribution is 2.34. The Morgan fingerprint density at radius 3 is 2.93 bits per heavy atom. The number of rotatable bonds is 3. The van der Waals surface area contributed by atoms with Crippen LogP contribution in [0, 0.1) is 0 Å². The molecule has 2 aliphatic rings. The van der Waals surface area contributed by atoms with E-state index in [4.69, 9.17) is 0 Å². The highest BCUT2D eigenvalue weighted by molar-refractivity contribution is 7.99. The largest absolute Gasteiger partial charge is 0.323 e. The van der Waals surface area contributed by atoms with E-state index in [1.165, 1.54) is 21.5 Å². The Labute approximate surface area is 174 Å². The summed E-state index contributed by atoms with van der Waals surface area (Å²) in [7, 11) is 0. The van der Waals surface area contributed by atoms with E-state index in [9.17, 15) is 14.4 Å². The lowest BCUT2D eigenvalue weighted by molar-refractivity contribution is -0.120. The summed E-state index contributed by atoms with van der Waals surface area (Å²) < 4.78 is 0. The predicted octanol–water partition coefficient (Wildman–Crippen LogP) is 2.94. The van der Waals surface area contributed by atoms with Crippen molar-refractivity contribution in [3.8, 4) is 0 Å². The van der Waals surface area contributed by atoms with Gasteiger partial charge in [-0.2, -0.15) is 0 Å². The lowest BCUT2D eigenvalue weighted by Gasteiger charge is -2.28. The van der Waals surface area contributed by atoms with Gasteiger partial charge >= 0.3 is 0 Å². The Bertz CT molecular complexity index is 1200. The molecule has 7 nitrogen and oxygen atoms in total. The van der Waals surface area contributed by atoms with E-state index in [-0.39, 0.29) is 29.7 Å². The fourth-order valence-corrected chi connectivity index (χ4v) is 5.93. The minimum Gasteiger partial charge on any atom is -0.323 e. The van der Waals surface area contributed by atoms with Crippen LogP contribution < -0.4 is 15.8 Å². The lowest BCUT2D eigenvalue weighted by Crippen LogP contribution is -2.43. The SMILES string of the molecule is O=C1CN(C(=O)CSc2nc3sc4c(c3c(=O)[nH]2)CCCC4)c2ccccc2N1. The molecule has 148 valence electrons. The number of benzene rings is 1. The van der Waals surface area contributed by atoms with Crippen LogP contribution in [-0.4, -0.2) is 34.1 Å². The normalized spacial score (nSPS) is 15.7. The molecule has 0 bridgehead atoms.